The monoisotopic (exact) mass is 347 g/mol. The molecule has 1 aromatic heterocycles. The van der Waals surface area contributed by atoms with E-state index < -0.39 is 11.9 Å². The topological polar surface area (TPSA) is 183 Å². The summed E-state index contributed by atoms with van der Waals surface area (Å²) in [6, 6.07) is 2.59. The molecular formula is C15H29N3O6. The van der Waals surface area contributed by atoms with Crippen LogP contribution in [0.5, 0.6) is 0 Å². The molecule has 0 aromatic carbocycles. The highest BCUT2D eigenvalue weighted by Crippen LogP contribution is 2.02. The Morgan fingerprint density at radius 1 is 1.21 bits per heavy atom. The second kappa shape index (κ2) is 14.5. The van der Waals surface area contributed by atoms with Gasteiger partial charge in [-0.15, -0.1) is 0 Å². The van der Waals surface area contributed by atoms with E-state index in [1.807, 2.05) is 19.9 Å². The molecule has 7 N–H and O–H groups in total. The van der Waals surface area contributed by atoms with Crippen LogP contribution in [0.25, 0.3) is 0 Å². The van der Waals surface area contributed by atoms with Crippen molar-refractivity contribution in [3.05, 3.63) is 17.5 Å². The molecule has 1 aromatic rings. The smallest absolute Gasteiger partial charge is 0.351 e. The number of nitrogens with zero attached hydrogens (tertiary/aromatic N) is 2. The van der Waals surface area contributed by atoms with E-state index in [0.717, 1.165) is 17.3 Å². The molecule has 0 aliphatic heterocycles. The standard InChI is InChI=1S/C13H23N3.C2H2O4.2H2O/c1-5-6-7-8-10(2)14-13-15-11(3)9-12(4)16-13;3-1(4)2(5)6;;/h9-10H,5-8H2,1-4H3,(H,14,15,16);(H,3,4)(H,5,6);2*1H2. The number of carboxylic acid groups (broad SMARTS) is 2. The summed E-state index contributed by atoms with van der Waals surface area (Å²) >= 11 is 0. The third kappa shape index (κ3) is 13.6. The summed E-state index contributed by atoms with van der Waals surface area (Å²) in [7, 11) is 0. The molecule has 0 fully saturated rings. The number of rotatable bonds is 6. The van der Waals surface area contributed by atoms with Gasteiger partial charge in [0.05, 0.1) is 6.04 Å². The van der Waals surface area contributed by atoms with Crippen LogP contribution in [0.3, 0.4) is 0 Å². The van der Waals surface area contributed by atoms with Gasteiger partial charge in [-0.3, -0.25) is 5.32 Å². The number of nitrogens with two attached hydrogens (primary N) is 1. The van der Waals surface area contributed by atoms with Crippen LogP contribution in [0.1, 0.15) is 50.9 Å². The maximum Gasteiger partial charge on any atom is 0.351 e. The Balaban J connectivity index is -0.000000478. The number of hydrogen-bond acceptors (Lipinski definition) is 5. The van der Waals surface area contributed by atoms with Crippen molar-refractivity contribution in [1.82, 2.24) is 9.97 Å². The molecule has 9 nitrogen and oxygen atoms in total. The summed E-state index contributed by atoms with van der Waals surface area (Å²) in [5, 5.41) is 18.5. The van der Waals surface area contributed by atoms with E-state index >= 15 is 0 Å². The third-order valence-electron chi connectivity index (χ3n) is 2.87. The molecule has 1 rings (SSSR count). The molecule has 0 aliphatic rings. The number of quaternary nitrogens is 1. The van der Waals surface area contributed by atoms with Crippen molar-refractivity contribution in [2.75, 3.05) is 0 Å². The highest BCUT2D eigenvalue weighted by atomic mass is 16.4. The molecule has 0 amide bonds. The highest BCUT2D eigenvalue weighted by Gasteiger charge is 2.09. The average molecular weight is 347 g/mol. The first-order valence-electron chi connectivity index (χ1n) is 7.37. The van der Waals surface area contributed by atoms with Crippen molar-refractivity contribution >= 4 is 17.9 Å². The van der Waals surface area contributed by atoms with Crippen molar-refractivity contribution in [2.45, 2.75) is 59.4 Å². The fourth-order valence-corrected chi connectivity index (χ4v) is 1.88. The Morgan fingerprint density at radius 3 is 2.04 bits per heavy atom. The van der Waals surface area contributed by atoms with Crippen molar-refractivity contribution in [3.63, 3.8) is 0 Å². The number of carbonyl (C=O) groups is 2. The molecule has 0 saturated carbocycles. The van der Waals surface area contributed by atoms with Crippen LogP contribution in [0.2, 0.25) is 0 Å². The summed E-state index contributed by atoms with van der Waals surface area (Å²) < 4.78 is 0. The predicted molar refractivity (Wildman–Crippen MR) is 86.6 cm³/mol. The summed E-state index contributed by atoms with van der Waals surface area (Å²) in [5.74, 6) is -3.12. The van der Waals surface area contributed by atoms with Crippen molar-refractivity contribution < 1.29 is 36.1 Å². The van der Waals surface area contributed by atoms with Crippen LogP contribution in [0.4, 0.5) is 5.95 Å². The van der Waals surface area contributed by atoms with Crippen LogP contribution in [-0.2, 0) is 9.59 Å². The summed E-state index contributed by atoms with van der Waals surface area (Å²) in [5.41, 5.74) is 2.11. The predicted octanol–water partition coefficient (Wildman–Crippen LogP) is -1.57. The third-order valence-corrected chi connectivity index (χ3v) is 2.87. The molecular weight excluding hydrogens is 318 g/mol. The number of aryl methyl sites for hydroxylation is 2. The molecule has 0 spiro atoms. The van der Waals surface area contributed by atoms with Gasteiger partial charge < -0.3 is 26.0 Å². The van der Waals surface area contributed by atoms with E-state index in [-0.39, 0.29) is 11.0 Å². The summed E-state index contributed by atoms with van der Waals surface area (Å²) in [6.45, 7) is 8.53. The van der Waals surface area contributed by atoms with E-state index in [2.05, 4.69) is 29.1 Å². The molecule has 0 bridgehead atoms. The molecule has 0 saturated heterocycles. The fourth-order valence-electron chi connectivity index (χ4n) is 1.88. The van der Waals surface area contributed by atoms with Gasteiger partial charge in [0.2, 0.25) is 0 Å². The molecule has 1 unspecified atom stereocenters. The van der Waals surface area contributed by atoms with Gasteiger partial charge in [0.15, 0.2) is 5.97 Å². The zero-order valence-corrected chi connectivity index (χ0v) is 14.6. The van der Waals surface area contributed by atoms with Gasteiger partial charge in [-0.2, -0.15) is 9.97 Å². The Kier molecular flexibility index (Phi) is 16.2. The van der Waals surface area contributed by atoms with Crippen molar-refractivity contribution in [2.24, 2.45) is 0 Å². The second-order valence-corrected chi connectivity index (χ2v) is 5.24. The minimum Gasteiger partial charge on any atom is -0.539 e. The number of unbranched alkanes of at least 4 members (excludes halogenated alkanes) is 2. The zero-order chi connectivity index (χ0) is 17.1. The first-order chi connectivity index (χ1) is 10.3. The van der Waals surface area contributed by atoms with Gasteiger partial charge in [-0.1, -0.05) is 19.8 Å². The lowest BCUT2D eigenvalue weighted by atomic mass is 10.1. The molecule has 1 atom stereocenters. The number of carbonyl (C=O) groups excluding carboxylic acids is 1. The number of carboxylic acids is 2. The largest absolute Gasteiger partial charge is 0.539 e. The lowest BCUT2D eigenvalue weighted by Gasteiger charge is -2.09. The second-order valence-electron chi connectivity index (χ2n) is 5.24. The van der Waals surface area contributed by atoms with Gasteiger partial charge in [-0.25, -0.2) is 4.79 Å². The van der Waals surface area contributed by atoms with E-state index in [0.29, 0.717) is 6.04 Å². The number of aromatic nitrogens is 2. The van der Waals surface area contributed by atoms with Crippen LogP contribution in [-0.4, -0.2) is 44.0 Å². The summed E-state index contributed by atoms with van der Waals surface area (Å²) in [4.78, 5) is 26.9. The average Bonchev–Trinajstić information content (AvgIpc) is 2.38. The van der Waals surface area contributed by atoms with Crippen LogP contribution >= 0.6 is 0 Å². The Labute approximate surface area is 141 Å². The minimum absolute atomic E-state index is 0. The molecule has 24 heavy (non-hydrogen) atoms. The Hall–Kier alpha value is -2.10. The van der Waals surface area contributed by atoms with Crippen LogP contribution in [0, 0.1) is 13.8 Å². The first-order valence-corrected chi connectivity index (χ1v) is 7.37. The number of aliphatic carboxylic acids is 2. The fraction of sp³-hybridized carbons (Fsp3) is 0.600. The highest BCUT2D eigenvalue weighted by molar-refractivity contribution is 6.26. The van der Waals surface area contributed by atoms with Crippen molar-refractivity contribution in [1.29, 1.82) is 0 Å². The summed E-state index contributed by atoms with van der Waals surface area (Å²) in [6.07, 6.45) is 5.15. The zero-order valence-electron chi connectivity index (χ0n) is 14.6. The molecule has 9 heteroatoms. The van der Waals surface area contributed by atoms with E-state index in [1.165, 1.54) is 25.7 Å². The Bertz CT molecular complexity index is 464. The van der Waals surface area contributed by atoms with Crippen LogP contribution < -0.4 is 10.4 Å². The van der Waals surface area contributed by atoms with Gasteiger partial charge in [-0.05, 0) is 39.7 Å². The van der Waals surface area contributed by atoms with E-state index in [1.54, 1.807) is 0 Å². The number of hydrogen-bond donors (Lipinski definition) is 2. The van der Waals surface area contributed by atoms with Crippen LogP contribution in [0.15, 0.2) is 6.07 Å². The van der Waals surface area contributed by atoms with Crippen molar-refractivity contribution in [3.8, 4) is 0 Å². The van der Waals surface area contributed by atoms with Gasteiger partial charge in [0, 0.05) is 11.4 Å². The lowest BCUT2D eigenvalue weighted by Crippen LogP contribution is -2.84. The molecule has 1 heterocycles. The quantitative estimate of drug-likeness (QED) is 0.462. The maximum atomic E-state index is 9.04. The molecule has 0 radical (unpaired) electrons. The minimum atomic E-state index is -2.07. The van der Waals surface area contributed by atoms with Gasteiger partial charge in [0.25, 0.3) is 0 Å². The van der Waals surface area contributed by atoms with Gasteiger partial charge >= 0.3 is 11.9 Å². The maximum absolute atomic E-state index is 9.04. The lowest BCUT2D eigenvalue weighted by molar-refractivity contribution is -0.615. The first kappa shape index (κ1) is 26.8. The normalized spacial score (nSPS) is 10.3. The van der Waals surface area contributed by atoms with E-state index in [9.17, 15) is 0 Å². The molecule has 140 valence electrons. The SMILES string of the molecule is CCCCCC(C)[NH2+]c1nc(C)cc(C)n1.O.O.O=C([O-])C(=O)O. The van der Waals surface area contributed by atoms with E-state index in [4.69, 9.17) is 19.8 Å². The van der Waals surface area contributed by atoms with Gasteiger partial charge in [0.1, 0.15) is 0 Å². The Morgan fingerprint density at radius 2 is 1.67 bits per heavy atom. The molecule has 0 aliphatic carbocycles.